The van der Waals surface area contributed by atoms with E-state index in [-0.39, 0.29) is 6.85 Å². The third kappa shape index (κ3) is 2.54. The van der Waals surface area contributed by atoms with Crippen molar-refractivity contribution in [1.29, 1.82) is 0 Å². The Labute approximate surface area is 190 Å². The summed E-state index contributed by atoms with van der Waals surface area (Å²) in [5.74, 6) is 0. The largest absolute Gasteiger partial charge is 0.375 e. The van der Waals surface area contributed by atoms with Gasteiger partial charge in [0.2, 0.25) is 0 Å². The maximum Gasteiger partial charge on any atom is 0.332 e. The maximum absolute atomic E-state index is 2.62. The Bertz CT molecular complexity index is 1430. The minimum atomic E-state index is 0.126. The first kappa shape index (κ1) is 19.2. The van der Waals surface area contributed by atoms with E-state index in [0.29, 0.717) is 0 Å². The van der Waals surface area contributed by atoms with Crippen molar-refractivity contribution < 1.29 is 0 Å². The summed E-state index contributed by atoms with van der Waals surface area (Å²) in [6.45, 7) is 9.07. The summed E-state index contributed by atoms with van der Waals surface area (Å²) in [6.07, 6.45) is 0. The van der Waals surface area contributed by atoms with Crippen molar-refractivity contribution in [1.82, 2.24) is 4.48 Å². The molecule has 0 N–H and O–H groups in total. The number of aromatic nitrogens is 1. The fourth-order valence-electron chi connectivity index (χ4n) is 5.96. The van der Waals surface area contributed by atoms with E-state index in [0.717, 1.165) is 0 Å². The number of anilines is 2. The van der Waals surface area contributed by atoms with Crippen LogP contribution in [0.2, 0.25) is 0 Å². The Morgan fingerprint density at radius 2 is 1.03 bits per heavy atom. The molecule has 0 amide bonds. The fourth-order valence-corrected chi connectivity index (χ4v) is 5.96. The van der Waals surface area contributed by atoms with E-state index in [1.54, 1.807) is 0 Å². The van der Waals surface area contributed by atoms with E-state index in [9.17, 15) is 0 Å². The van der Waals surface area contributed by atoms with Gasteiger partial charge in [0, 0.05) is 40.2 Å². The number of benzene rings is 4. The Morgan fingerprint density at radius 3 is 1.50 bits per heavy atom. The molecule has 156 valence electrons. The van der Waals surface area contributed by atoms with E-state index >= 15 is 0 Å². The van der Waals surface area contributed by atoms with Crippen LogP contribution in [-0.4, -0.2) is 18.4 Å². The van der Waals surface area contributed by atoms with Gasteiger partial charge in [0.1, 0.15) is 0 Å². The molecular formula is C29H27BN2. The maximum atomic E-state index is 2.62. The molecule has 0 spiro atoms. The number of rotatable bonds is 1. The van der Waals surface area contributed by atoms with Gasteiger partial charge in [-0.05, 0) is 74.0 Å². The summed E-state index contributed by atoms with van der Waals surface area (Å²) >= 11 is 0. The van der Waals surface area contributed by atoms with E-state index in [4.69, 9.17) is 0 Å². The van der Waals surface area contributed by atoms with Crippen molar-refractivity contribution >= 4 is 51.0 Å². The molecule has 2 heterocycles. The molecular weight excluding hydrogens is 387 g/mol. The molecule has 3 heteroatoms. The summed E-state index contributed by atoms with van der Waals surface area (Å²) in [5.41, 5.74) is 13.3. The molecule has 0 unspecified atom stereocenters. The summed E-state index contributed by atoms with van der Waals surface area (Å²) < 4.78 is 2.62. The number of hydrogen-bond donors (Lipinski definition) is 0. The second kappa shape index (κ2) is 6.77. The van der Waals surface area contributed by atoms with Gasteiger partial charge in [-0.3, -0.25) is 0 Å². The van der Waals surface area contributed by atoms with Crippen LogP contribution in [0.1, 0.15) is 22.3 Å². The lowest BCUT2D eigenvalue weighted by Crippen LogP contribution is -2.54. The third-order valence-corrected chi connectivity index (χ3v) is 7.11. The summed E-state index contributed by atoms with van der Waals surface area (Å²) in [6, 6.07) is 27.1. The average Bonchev–Trinajstić information content (AvgIpc) is 3.09. The van der Waals surface area contributed by atoms with Gasteiger partial charge in [-0.1, -0.05) is 59.7 Å². The van der Waals surface area contributed by atoms with E-state index in [1.807, 2.05) is 0 Å². The molecule has 0 atom stereocenters. The van der Waals surface area contributed by atoms with Crippen LogP contribution in [0.15, 0.2) is 72.8 Å². The molecule has 32 heavy (non-hydrogen) atoms. The summed E-state index contributed by atoms with van der Waals surface area (Å²) in [4.78, 5) is 2.34. The van der Waals surface area contributed by atoms with Crippen LogP contribution in [0.3, 0.4) is 0 Å². The highest BCUT2D eigenvalue weighted by Crippen LogP contribution is 2.37. The smallest absolute Gasteiger partial charge is 0.332 e. The van der Waals surface area contributed by atoms with E-state index < -0.39 is 0 Å². The summed E-state index contributed by atoms with van der Waals surface area (Å²) in [7, 11) is 2.18. The Hall–Kier alpha value is -3.46. The zero-order valence-electron chi connectivity index (χ0n) is 19.4. The second-order valence-corrected chi connectivity index (χ2v) is 9.41. The number of hydrogen-bond acceptors (Lipinski definition) is 1. The van der Waals surface area contributed by atoms with Crippen LogP contribution < -0.4 is 15.8 Å². The monoisotopic (exact) mass is 414 g/mol. The predicted molar refractivity (Wildman–Crippen MR) is 140 cm³/mol. The molecule has 0 radical (unpaired) electrons. The van der Waals surface area contributed by atoms with Crippen LogP contribution in [0.4, 0.5) is 11.4 Å². The van der Waals surface area contributed by atoms with Crippen molar-refractivity contribution in [3.63, 3.8) is 0 Å². The lowest BCUT2D eigenvalue weighted by molar-refractivity contribution is 1.20. The quantitative estimate of drug-likeness (QED) is 0.317. The predicted octanol–water partition coefficient (Wildman–Crippen LogP) is 5.76. The van der Waals surface area contributed by atoms with Crippen molar-refractivity contribution in [2.45, 2.75) is 27.7 Å². The zero-order chi connectivity index (χ0) is 22.1. The van der Waals surface area contributed by atoms with Gasteiger partial charge in [-0.25, -0.2) is 0 Å². The Balaban J connectivity index is 1.84. The molecule has 0 aliphatic carbocycles. The first-order valence-electron chi connectivity index (χ1n) is 11.4. The van der Waals surface area contributed by atoms with Crippen LogP contribution in [0.5, 0.6) is 0 Å². The number of nitrogens with zero attached hydrogens (tertiary/aromatic N) is 2. The number of para-hydroxylation sites is 2. The van der Waals surface area contributed by atoms with E-state index in [2.05, 4.69) is 117 Å². The van der Waals surface area contributed by atoms with Gasteiger partial charge in [0.05, 0.1) is 0 Å². The molecule has 5 aromatic rings. The third-order valence-electron chi connectivity index (χ3n) is 7.11. The van der Waals surface area contributed by atoms with Gasteiger partial charge < -0.3 is 9.38 Å². The summed E-state index contributed by atoms with van der Waals surface area (Å²) in [5, 5.41) is 2.72. The van der Waals surface area contributed by atoms with Gasteiger partial charge in [0.15, 0.2) is 0 Å². The van der Waals surface area contributed by atoms with Gasteiger partial charge >= 0.3 is 6.85 Å². The van der Waals surface area contributed by atoms with E-state index in [1.165, 1.54) is 66.4 Å². The van der Waals surface area contributed by atoms with Crippen LogP contribution in [-0.2, 0) is 0 Å². The minimum Gasteiger partial charge on any atom is -0.375 e. The highest BCUT2D eigenvalue weighted by Gasteiger charge is 2.36. The number of fused-ring (bicyclic) bond motifs is 5. The SMILES string of the molecule is Cc1cc(C)c2c(c1)c1cc(C)cc(C)c1n2B1c2ccccc2N(C)c2ccccc21. The molecule has 0 saturated carbocycles. The number of aryl methyl sites for hydroxylation is 4. The normalized spacial score (nSPS) is 13.0. The highest BCUT2D eigenvalue weighted by atomic mass is 15.1. The highest BCUT2D eigenvalue weighted by molar-refractivity contribution is 6.88. The molecule has 0 bridgehead atoms. The Kier molecular flexibility index (Phi) is 4.07. The molecule has 2 nitrogen and oxygen atoms in total. The fraction of sp³-hybridized carbons (Fsp3) is 0.172. The molecule has 1 aliphatic heterocycles. The lowest BCUT2D eigenvalue weighted by Gasteiger charge is -2.35. The van der Waals surface area contributed by atoms with Gasteiger partial charge in [-0.2, -0.15) is 0 Å². The van der Waals surface area contributed by atoms with Gasteiger partial charge in [0.25, 0.3) is 0 Å². The lowest BCUT2D eigenvalue weighted by atomic mass is 9.47. The first-order chi connectivity index (χ1) is 15.5. The van der Waals surface area contributed by atoms with Crippen LogP contribution in [0, 0.1) is 27.7 Å². The topological polar surface area (TPSA) is 8.17 Å². The average molecular weight is 414 g/mol. The van der Waals surface area contributed by atoms with Crippen molar-refractivity contribution in [2.24, 2.45) is 0 Å². The molecule has 6 rings (SSSR count). The van der Waals surface area contributed by atoms with Crippen molar-refractivity contribution in [3.05, 3.63) is 95.1 Å². The van der Waals surface area contributed by atoms with Crippen LogP contribution >= 0.6 is 0 Å². The molecule has 0 fully saturated rings. The van der Waals surface area contributed by atoms with Crippen molar-refractivity contribution in [3.8, 4) is 0 Å². The first-order valence-corrected chi connectivity index (χ1v) is 11.4. The molecule has 1 aromatic heterocycles. The van der Waals surface area contributed by atoms with Crippen molar-refractivity contribution in [2.75, 3.05) is 11.9 Å². The standard InChI is InChI=1S/C29H27BN2/c1-18-14-20(3)28-22(16-18)23-17-19(2)15-21(4)29(23)32(28)30-24-10-6-8-12-26(24)31(5)27-13-9-7-11-25(27)30/h6-17H,1-5H3. The van der Waals surface area contributed by atoms with Gasteiger partial charge in [-0.15, -0.1) is 0 Å². The minimum absolute atomic E-state index is 0.126. The molecule has 4 aromatic carbocycles. The molecule has 1 aliphatic rings. The molecule has 0 saturated heterocycles. The second-order valence-electron chi connectivity index (χ2n) is 9.41. The van der Waals surface area contributed by atoms with Crippen LogP contribution in [0.25, 0.3) is 21.8 Å². The zero-order valence-corrected chi connectivity index (χ0v) is 19.4. The Morgan fingerprint density at radius 1 is 0.594 bits per heavy atom.